The molecule has 8 rings (SSSR count). The van der Waals surface area contributed by atoms with Gasteiger partial charge in [-0.2, -0.15) is 0 Å². The van der Waals surface area contributed by atoms with Gasteiger partial charge in [0.15, 0.2) is 0 Å². The minimum absolute atomic E-state index is 0.0254. The Balaban J connectivity index is 0.966. The van der Waals surface area contributed by atoms with Crippen LogP contribution < -0.4 is 5.32 Å². The number of hydrogen-bond acceptors (Lipinski definition) is 5. The molecule has 0 spiro atoms. The van der Waals surface area contributed by atoms with Crippen molar-refractivity contribution in [3.05, 3.63) is 69.4 Å². The van der Waals surface area contributed by atoms with Gasteiger partial charge in [0.1, 0.15) is 11.5 Å². The molecule has 226 valence electrons. The molecule has 9 heteroatoms. The number of halogens is 2. The Morgan fingerprint density at radius 3 is 2.35 bits per heavy atom. The van der Waals surface area contributed by atoms with Crippen LogP contribution in [0.25, 0.3) is 11.3 Å². The fraction of sp³-hybridized carbons (Fsp3) is 0.500. The first kappa shape index (κ1) is 28.9. The molecule has 2 amide bonds. The number of rotatable bonds is 8. The van der Waals surface area contributed by atoms with Crippen LogP contribution in [0.1, 0.15) is 80.6 Å². The second-order valence-corrected chi connectivity index (χ2v) is 13.6. The summed E-state index contributed by atoms with van der Waals surface area (Å²) in [5.74, 6) is 2.61. The number of carbonyl (C=O) groups is 2. The molecule has 4 aliphatic carbocycles. The van der Waals surface area contributed by atoms with Gasteiger partial charge in [0.25, 0.3) is 0 Å². The number of nitrogens with one attached hydrogen (secondary N) is 1. The Kier molecular flexibility index (Phi) is 7.99. The summed E-state index contributed by atoms with van der Waals surface area (Å²) < 4.78 is 12.3. The van der Waals surface area contributed by atoms with E-state index in [2.05, 4.69) is 22.6 Å². The largest absolute Gasteiger partial charge is 0.373 e. The van der Waals surface area contributed by atoms with E-state index in [0.29, 0.717) is 51.6 Å². The summed E-state index contributed by atoms with van der Waals surface area (Å²) in [5.41, 5.74) is 4.40. The fourth-order valence-corrected chi connectivity index (χ4v) is 8.14. The Labute approximate surface area is 262 Å². The maximum Gasteiger partial charge on any atom is 0.228 e. The number of aromatic nitrogens is 1. The summed E-state index contributed by atoms with van der Waals surface area (Å²) in [6, 6.07) is 13.7. The Morgan fingerprint density at radius 2 is 1.67 bits per heavy atom. The molecule has 1 aromatic heterocycles. The van der Waals surface area contributed by atoms with Crippen LogP contribution >= 0.6 is 23.2 Å². The average molecular weight is 623 g/mol. The number of anilines is 1. The zero-order chi connectivity index (χ0) is 29.7. The van der Waals surface area contributed by atoms with Gasteiger partial charge < -0.3 is 19.5 Å². The van der Waals surface area contributed by atoms with Crippen LogP contribution in [0.3, 0.4) is 0 Å². The molecule has 1 aliphatic heterocycles. The third kappa shape index (κ3) is 5.84. The van der Waals surface area contributed by atoms with Gasteiger partial charge in [-0.25, -0.2) is 0 Å². The third-order valence-electron chi connectivity index (χ3n) is 10.1. The Hall–Kier alpha value is -2.87. The number of hydrogen-bond donors (Lipinski definition) is 1. The van der Waals surface area contributed by atoms with Crippen LogP contribution in [-0.2, 0) is 20.9 Å². The van der Waals surface area contributed by atoms with Crippen molar-refractivity contribution in [3.8, 4) is 11.3 Å². The fourth-order valence-electron chi connectivity index (χ4n) is 7.57. The lowest BCUT2D eigenvalue weighted by Gasteiger charge is -2.51. The van der Waals surface area contributed by atoms with E-state index in [-0.39, 0.29) is 23.8 Å². The van der Waals surface area contributed by atoms with Gasteiger partial charge >= 0.3 is 0 Å². The molecule has 2 heterocycles. The van der Waals surface area contributed by atoms with Crippen LogP contribution in [0.5, 0.6) is 0 Å². The van der Waals surface area contributed by atoms with E-state index < -0.39 is 0 Å². The Morgan fingerprint density at radius 1 is 0.977 bits per heavy atom. The van der Waals surface area contributed by atoms with E-state index >= 15 is 0 Å². The van der Waals surface area contributed by atoms with Gasteiger partial charge in [0.05, 0.1) is 22.8 Å². The second kappa shape index (κ2) is 11.9. The molecule has 5 aliphatic rings. The van der Waals surface area contributed by atoms with Crippen molar-refractivity contribution in [2.45, 2.75) is 76.4 Å². The molecule has 2 unspecified atom stereocenters. The van der Waals surface area contributed by atoms with E-state index in [9.17, 15) is 9.59 Å². The van der Waals surface area contributed by atoms with Crippen molar-refractivity contribution in [2.75, 3.05) is 18.4 Å². The van der Waals surface area contributed by atoms with Crippen LogP contribution in [0.15, 0.2) is 47.0 Å². The lowest BCUT2D eigenvalue weighted by atomic mass is 9.56. The predicted octanol–water partition coefficient (Wildman–Crippen LogP) is 7.82. The number of ether oxygens (including phenoxy) is 1. The smallest absolute Gasteiger partial charge is 0.228 e. The van der Waals surface area contributed by atoms with Crippen molar-refractivity contribution in [3.63, 3.8) is 0 Å². The summed E-state index contributed by atoms with van der Waals surface area (Å²) in [4.78, 5) is 27.0. The van der Waals surface area contributed by atoms with E-state index in [1.54, 1.807) is 6.92 Å². The minimum atomic E-state index is 0.0254. The first-order valence-corrected chi connectivity index (χ1v) is 16.3. The van der Waals surface area contributed by atoms with Crippen LogP contribution in [0.2, 0.25) is 10.0 Å². The maximum absolute atomic E-state index is 13.4. The van der Waals surface area contributed by atoms with Crippen LogP contribution in [0, 0.1) is 17.8 Å². The standard InChI is InChI=1S/C34H37Cl2N3O4/c1-19(40)39-12-10-20(11-13-39)22-4-2-5-25(15-22)37-34(41)30-23-14-24(30)17-26(16-23)42-18-27-32(38-43-33(27)21-8-9-21)31-28(35)6-3-7-29(31)36/h2-7,15,20-21,23-24,26,30H,8-14,16-18H2,1H3,(H,37,41). The van der Waals surface area contributed by atoms with Gasteiger partial charge in [0, 0.05) is 48.7 Å². The lowest BCUT2D eigenvalue weighted by Crippen LogP contribution is -2.51. The Bertz CT molecular complexity index is 1500. The van der Waals surface area contributed by atoms with Crippen molar-refractivity contribution in [2.24, 2.45) is 17.8 Å². The van der Waals surface area contributed by atoms with Gasteiger partial charge in [-0.3, -0.25) is 9.59 Å². The summed E-state index contributed by atoms with van der Waals surface area (Å²) in [5, 5.41) is 8.69. The van der Waals surface area contributed by atoms with Crippen molar-refractivity contribution < 1.29 is 18.8 Å². The van der Waals surface area contributed by atoms with Crippen LogP contribution in [0.4, 0.5) is 5.69 Å². The normalized spacial score (nSPS) is 25.3. The number of likely N-dealkylation sites (tertiary alicyclic amines) is 1. The van der Waals surface area contributed by atoms with E-state index in [1.807, 2.05) is 35.2 Å². The molecule has 1 N–H and O–H groups in total. The molecule has 1 saturated heterocycles. The number of nitrogens with zero attached hydrogens (tertiary/aromatic N) is 2. The molecule has 5 fully saturated rings. The number of carbonyl (C=O) groups excluding carboxylic acids is 2. The molecule has 0 radical (unpaired) electrons. The monoisotopic (exact) mass is 621 g/mol. The highest BCUT2D eigenvalue weighted by atomic mass is 35.5. The number of fused-ring (bicyclic) bond motifs is 2. The van der Waals surface area contributed by atoms with E-state index in [4.69, 9.17) is 32.5 Å². The highest BCUT2D eigenvalue weighted by Gasteiger charge is 2.51. The molecular formula is C34H37Cl2N3O4. The highest BCUT2D eigenvalue weighted by molar-refractivity contribution is 6.39. The number of piperidine rings is 1. The average Bonchev–Trinajstić information content (AvgIpc) is 3.76. The first-order valence-electron chi connectivity index (χ1n) is 15.6. The second-order valence-electron chi connectivity index (χ2n) is 12.8. The predicted molar refractivity (Wildman–Crippen MR) is 166 cm³/mol. The van der Waals surface area contributed by atoms with Crippen molar-refractivity contribution in [1.82, 2.24) is 10.1 Å². The summed E-state index contributed by atoms with van der Waals surface area (Å²) in [6.45, 7) is 3.61. The number of amides is 2. The van der Waals surface area contributed by atoms with E-state index in [1.165, 1.54) is 5.56 Å². The molecule has 43 heavy (non-hydrogen) atoms. The lowest BCUT2D eigenvalue weighted by molar-refractivity contribution is -0.142. The molecule has 2 atom stereocenters. The zero-order valence-corrected chi connectivity index (χ0v) is 25.9. The number of benzene rings is 2. The third-order valence-corrected chi connectivity index (χ3v) is 10.7. The topological polar surface area (TPSA) is 84.7 Å². The van der Waals surface area contributed by atoms with Crippen molar-refractivity contribution in [1.29, 1.82) is 0 Å². The quantitative estimate of drug-likeness (QED) is 0.277. The first-order chi connectivity index (χ1) is 20.9. The maximum atomic E-state index is 13.4. The molecule has 4 saturated carbocycles. The van der Waals surface area contributed by atoms with Gasteiger partial charge in [-0.15, -0.1) is 0 Å². The molecular weight excluding hydrogens is 585 g/mol. The van der Waals surface area contributed by atoms with Crippen LogP contribution in [-0.4, -0.2) is 41.1 Å². The molecule has 2 aromatic carbocycles. The molecule has 3 aromatic rings. The van der Waals surface area contributed by atoms with Crippen molar-refractivity contribution >= 4 is 40.7 Å². The summed E-state index contributed by atoms with van der Waals surface area (Å²) in [6.07, 6.45) is 6.99. The molecule has 7 nitrogen and oxygen atoms in total. The summed E-state index contributed by atoms with van der Waals surface area (Å²) in [7, 11) is 0. The minimum Gasteiger partial charge on any atom is -0.373 e. The summed E-state index contributed by atoms with van der Waals surface area (Å²) >= 11 is 13.0. The van der Waals surface area contributed by atoms with Gasteiger partial charge in [-0.05, 0) is 92.5 Å². The molecule has 2 bridgehead atoms. The van der Waals surface area contributed by atoms with Gasteiger partial charge in [-0.1, -0.05) is 46.6 Å². The van der Waals surface area contributed by atoms with E-state index in [0.717, 1.165) is 75.0 Å². The highest BCUT2D eigenvalue weighted by Crippen LogP contribution is 2.52. The van der Waals surface area contributed by atoms with Gasteiger partial charge in [0.2, 0.25) is 11.8 Å². The SMILES string of the molecule is CC(=O)N1CCC(c2cccc(NC(=O)C3C4CC(OCc5c(-c6c(Cl)cccc6Cl)noc5C5CC5)CC3C4)c2)CC1. The zero-order valence-electron chi connectivity index (χ0n) is 24.4.